The first-order valence-corrected chi connectivity index (χ1v) is 8.56. The smallest absolute Gasteiger partial charge is 0.240 e. The van der Waals surface area contributed by atoms with Crippen LogP contribution in [0.1, 0.15) is 15.3 Å². The van der Waals surface area contributed by atoms with E-state index in [1.54, 1.807) is 29.5 Å². The summed E-state index contributed by atoms with van der Waals surface area (Å²) in [4.78, 5) is 2.84. The van der Waals surface area contributed by atoms with Gasteiger partial charge < -0.3 is 5.32 Å². The molecule has 1 aromatic heterocycles. The summed E-state index contributed by atoms with van der Waals surface area (Å²) in [5.41, 5.74) is 2.04. The molecule has 0 unspecified atom stereocenters. The van der Waals surface area contributed by atoms with Crippen molar-refractivity contribution in [1.29, 1.82) is 0 Å². The van der Waals surface area contributed by atoms with Crippen LogP contribution < -0.4 is 10.0 Å². The van der Waals surface area contributed by atoms with Crippen LogP contribution in [0, 0.1) is 13.8 Å². The second kappa shape index (κ2) is 5.95. The maximum Gasteiger partial charge on any atom is 0.240 e. The average molecular weight is 310 g/mol. The lowest BCUT2D eigenvalue weighted by Gasteiger charge is -2.08. The van der Waals surface area contributed by atoms with Gasteiger partial charge in [-0.3, -0.25) is 0 Å². The highest BCUT2D eigenvalue weighted by atomic mass is 32.2. The molecule has 4 nitrogen and oxygen atoms in total. The fourth-order valence-electron chi connectivity index (χ4n) is 1.95. The van der Waals surface area contributed by atoms with E-state index < -0.39 is 10.0 Å². The summed E-state index contributed by atoms with van der Waals surface area (Å²) >= 11 is 1.77. The third-order valence-electron chi connectivity index (χ3n) is 3.04. The van der Waals surface area contributed by atoms with E-state index in [-0.39, 0.29) is 4.90 Å². The minimum Gasteiger partial charge on any atom is -0.381 e. The van der Waals surface area contributed by atoms with Gasteiger partial charge in [-0.05, 0) is 50.7 Å². The van der Waals surface area contributed by atoms with E-state index in [2.05, 4.69) is 30.0 Å². The summed E-state index contributed by atoms with van der Waals surface area (Å²) in [5, 5.41) is 3.27. The van der Waals surface area contributed by atoms with Gasteiger partial charge in [0.25, 0.3) is 0 Å². The Morgan fingerprint density at radius 2 is 1.95 bits per heavy atom. The third kappa shape index (κ3) is 3.39. The summed E-state index contributed by atoms with van der Waals surface area (Å²) in [6.07, 6.45) is 0. The van der Waals surface area contributed by atoms with Crippen LogP contribution in [0.2, 0.25) is 0 Å². The molecule has 0 saturated heterocycles. The molecule has 2 aromatic rings. The molecule has 0 aliphatic heterocycles. The molecule has 0 bridgehead atoms. The predicted octanol–water partition coefficient (Wildman–Crippen LogP) is 2.89. The van der Waals surface area contributed by atoms with E-state index in [1.165, 1.54) is 22.4 Å². The van der Waals surface area contributed by atoms with Gasteiger partial charge in [0.15, 0.2) is 0 Å². The minimum atomic E-state index is -3.40. The van der Waals surface area contributed by atoms with Gasteiger partial charge in [-0.2, -0.15) is 0 Å². The first-order chi connectivity index (χ1) is 9.42. The first-order valence-electron chi connectivity index (χ1n) is 6.26. The largest absolute Gasteiger partial charge is 0.381 e. The zero-order valence-electron chi connectivity index (χ0n) is 11.7. The number of rotatable bonds is 5. The molecule has 20 heavy (non-hydrogen) atoms. The molecule has 0 amide bonds. The van der Waals surface area contributed by atoms with Crippen LogP contribution in [0.4, 0.5) is 5.69 Å². The highest BCUT2D eigenvalue weighted by molar-refractivity contribution is 7.89. The third-order valence-corrected chi connectivity index (χ3v) is 5.46. The van der Waals surface area contributed by atoms with Gasteiger partial charge in [0.05, 0.1) is 4.90 Å². The molecule has 0 fully saturated rings. The lowest BCUT2D eigenvalue weighted by molar-refractivity contribution is 0.588. The van der Waals surface area contributed by atoms with Crippen LogP contribution in [0.15, 0.2) is 35.2 Å². The molecule has 0 saturated carbocycles. The summed E-state index contributed by atoms with van der Waals surface area (Å²) in [7, 11) is -1.99. The van der Waals surface area contributed by atoms with Crippen molar-refractivity contribution in [3.05, 3.63) is 45.6 Å². The van der Waals surface area contributed by atoms with Gasteiger partial charge in [0, 0.05) is 22.0 Å². The maximum absolute atomic E-state index is 11.7. The van der Waals surface area contributed by atoms with Crippen molar-refractivity contribution in [2.24, 2.45) is 0 Å². The van der Waals surface area contributed by atoms with Crippen molar-refractivity contribution < 1.29 is 8.42 Å². The van der Waals surface area contributed by atoms with E-state index >= 15 is 0 Å². The summed E-state index contributed by atoms with van der Waals surface area (Å²) < 4.78 is 25.8. The van der Waals surface area contributed by atoms with Gasteiger partial charge in [-0.1, -0.05) is 6.07 Å². The monoisotopic (exact) mass is 310 g/mol. The first kappa shape index (κ1) is 15.0. The second-order valence-corrected chi connectivity index (χ2v) is 7.87. The number of aryl methyl sites for hydroxylation is 2. The molecule has 2 N–H and O–H groups in total. The molecule has 108 valence electrons. The van der Waals surface area contributed by atoms with Crippen molar-refractivity contribution in [2.45, 2.75) is 25.3 Å². The summed E-state index contributed by atoms with van der Waals surface area (Å²) in [6.45, 7) is 4.87. The molecule has 0 spiro atoms. The lowest BCUT2D eigenvalue weighted by Crippen LogP contribution is -2.18. The van der Waals surface area contributed by atoms with Crippen LogP contribution in [0.5, 0.6) is 0 Å². The van der Waals surface area contributed by atoms with Crippen molar-refractivity contribution >= 4 is 27.0 Å². The highest BCUT2D eigenvalue weighted by Gasteiger charge is 2.11. The molecule has 0 atom stereocenters. The Kier molecular flexibility index (Phi) is 4.47. The van der Waals surface area contributed by atoms with Crippen LogP contribution in [-0.2, 0) is 16.6 Å². The highest BCUT2D eigenvalue weighted by Crippen LogP contribution is 2.22. The Labute approximate surface area is 123 Å². The molecule has 2 rings (SSSR count). The SMILES string of the molecule is CNS(=O)(=O)c1cccc(NCc2cc(C)sc2C)c1. The van der Waals surface area contributed by atoms with Gasteiger partial charge in [-0.15, -0.1) is 11.3 Å². The van der Waals surface area contributed by atoms with Crippen LogP contribution in [0.25, 0.3) is 0 Å². The molecular weight excluding hydrogens is 292 g/mol. The van der Waals surface area contributed by atoms with Crippen LogP contribution in [-0.4, -0.2) is 15.5 Å². The average Bonchev–Trinajstić information content (AvgIpc) is 2.75. The van der Waals surface area contributed by atoms with E-state index in [4.69, 9.17) is 0 Å². The number of benzene rings is 1. The van der Waals surface area contributed by atoms with E-state index in [1.807, 2.05) is 6.07 Å². The Morgan fingerprint density at radius 3 is 2.55 bits per heavy atom. The van der Waals surface area contributed by atoms with Gasteiger partial charge >= 0.3 is 0 Å². The minimum absolute atomic E-state index is 0.267. The van der Waals surface area contributed by atoms with E-state index in [0.29, 0.717) is 6.54 Å². The number of thiophene rings is 1. The maximum atomic E-state index is 11.7. The summed E-state index contributed by atoms with van der Waals surface area (Å²) in [5.74, 6) is 0. The lowest BCUT2D eigenvalue weighted by atomic mass is 10.2. The molecule has 6 heteroatoms. The Morgan fingerprint density at radius 1 is 1.20 bits per heavy atom. The molecule has 0 aliphatic carbocycles. The number of hydrogen-bond donors (Lipinski definition) is 2. The Hall–Kier alpha value is -1.37. The molecule has 0 radical (unpaired) electrons. The van der Waals surface area contributed by atoms with Crippen molar-refractivity contribution in [3.63, 3.8) is 0 Å². The topological polar surface area (TPSA) is 58.2 Å². The van der Waals surface area contributed by atoms with Crippen LogP contribution in [0.3, 0.4) is 0 Å². The molecule has 1 aromatic carbocycles. The quantitative estimate of drug-likeness (QED) is 0.893. The van der Waals surface area contributed by atoms with Gasteiger partial charge in [0.2, 0.25) is 10.0 Å². The fourth-order valence-corrected chi connectivity index (χ4v) is 3.67. The van der Waals surface area contributed by atoms with Gasteiger partial charge in [0.1, 0.15) is 0 Å². The van der Waals surface area contributed by atoms with Crippen molar-refractivity contribution in [2.75, 3.05) is 12.4 Å². The standard InChI is InChI=1S/C14H18N2O2S2/c1-10-7-12(11(2)19-10)9-16-13-5-4-6-14(8-13)20(17,18)15-3/h4-8,15-16H,9H2,1-3H3. The predicted molar refractivity (Wildman–Crippen MR) is 83.8 cm³/mol. The van der Waals surface area contributed by atoms with E-state index in [0.717, 1.165) is 5.69 Å². The Balaban J connectivity index is 2.15. The van der Waals surface area contributed by atoms with Crippen molar-refractivity contribution in [1.82, 2.24) is 4.72 Å². The van der Waals surface area contributed by atoms with Crippen LogP contribution >= 0.6 is 11.3 Å². The molecular formula is C14H18N2O2S2. The Bertz CT molecular complexity index is 706. The fraction of sp³-hybridized carbons (Fsp3) is 0.286. The van der Waals surface area contributed by atoms with E-state index in [9.17, 15) is 8.42 Å². The number of anilines is 1. The van der Waals surface area contributed by atoms with Gasteiger partial charge in [-0.25, -0.2) is 13.1 Å². The summed E-state index contributed by atoms with van der Waals surface area (Å²) in [6, 6.07) is 8.97. The second-order valence-electron chi connectivity index (χ2n) is 4.53. The zero-order valence-corrected chi connectivity index (χ0v) is 13.4. The number of nitrogens with one attached hydrogen (secondary N) is 2. The number of sulfonamides is 1. The molecule has 1 heterocycles. The molecule has 0 aliphatic rings. The number of hydrogen-bond acceptors (Lipinski definition) is 4. The van der Waals surface area contributed by atoms with Crippen molar-refractivity contribution in [3.8, 4) is 0 Å². The zero-order chi connectivity index (χ0) is 14.8. The normalized spacial score (nSPS) is 11.6.